The molecule has 0 amide bonds. The van der Waals surface area contributed by atoms with Crippen molar-refractivity contribution in [1.29, 1.82) is 0 Å². The average Bonchev–Trinajstić information content (AvgIpc) is 2.05. The number of hydrogen-bond acceptors (Lipinski definition) is 4. The van der Waals surface area contributed by atoms with Crippen molar-refractivity contribution in [2.75, 3.05) is 7.11 Å². The first kappa shape index (κ1) is 8.80. The van der Waals surface area contributed by atoms with E-state index in [9.17, 15) is 4.39 Å². The third-order valence-corrected chi connectivity index (χ3v) is 1.21. The van der Waals surface area contributed by atoms with Gasteiger partial charge in [0, 0.05) is 6.07 Å². The molecule has 0 atom stereocenters. The second-order valence-electron chi connectivity index (χ2n) is 1.94. The van der Waals surface area contributed by atoms with Crippen LogP contribution in [0.1, 0.15) is 0 Å². The highest BCUT2D eigenvalue weighted by atomic mass is 19.1. The van der Waals surface area contributed by atoms with Gasteiger partial charge in [0.15, 0.2) is 5.82 Å². The molecule has 0 saturated carbocycles. The van der Waals surface area contributed by atoms with Crippen LogP contribution in [0.2, 0.25) is 0 Å². The van der Waals surface area contributed by atoms with Crippen molar-refractivity contribution in [3.05, 3.63) is 18.1 Å². The van der Waals surface area contributed by atoms with E-state index in [0.29, 0.717) is 0 Å². The zero-order chi connectivity index (χ0) is 8.97. The Morgan fingerprint density at radius 3 is 2.92 bits per heavy atom. The first-order valence-electron chi connectivity index (χ1n) is 3.21. The van der Waals surface area contributed by atoms with Gasteiger partial charge < -0.3 is 14.4 Å². The summed E-state index contributed by atoms with van der Waals surface area (Å²) in [7, 11) is 0.811. The summed E-state index contributed by atoms with van der Waals surface area (Å²) >= 11 is 0. The Bertz CT molecular complexity index is 271. The summed E-state index contributed by atoms with van der Waals surface area (Å²) in [4.78, 5) is 3.58. The summed E-state index contributed by atoms with van der Waals surface area (Å²) in [6, 6.07) is 1.09. The molecule has 0 aliphatic carbocycles. The molecule has 1 aromatic heterocycles. The molecule has 64 valence electrons. The molecule has 1 heterocycles. The summed E-state index contributed by atoms with van der Waals surface area (Å²) in [6.07, 6.45) is 1.26. The molecule has 0 fully saturated rings. The molecule has 0 radical (unpaired) electrons. The highest BCUT2D eigenvalue weighted by molar-refractivity contribution is 6.17. The van der Waals surface area contributed by atoms with Crippen molar-refractivity contribution >= 4 is 7.69 Å². The first-order valence-corrected chi connectivity index (χ1v) is 3.21. The van der Waals surface area contributed by atoms with Gasteiger partial charge in [-0.05, 0) is 0 Å². The summed E-state index contributed by atoms with van der Waals surface area (Å²) in [6.45, 7) is 0. The lowest BCUT2D eigenvalue weighted by Gasteiger charge is -2.03. The van der Waals surface area contributed by atoms with Gasteiger partial charge in [-0.3, -0.25) is 0 Å². The predicted octanol–water partition coefficient (Wildman–Crippen LogP) is -0.133. The Morgan fingerprint density at radius 2 is 2.42 bits per heavy atom. The van der Waals surface area contributed by atoms with E-state index in [1.54, 1.807) is 0 Å². The fourth-order valence-corrected chi connectivity index (χ4v) is 0.711. The maximum atomic E-state index is 12.8. The topological polar surface area (TPSA) is 51.6 Å². The largest absolute Gasteiger partial charge is 0.538 e. The summed E-state index contributed by atoms with van der Waals surface area (Å²) in [5.74, 6) is -0.556. The molecule has 4 nitrogen and oxygen atoms in total. The van der Waals surface area contributed by atoms with Gasteiger partial charge in [0.05, 0.1) is 13.3 Å². The number of aromatic nitrogens is 1. The lowest BCUT2D eigenvalue weighted by atomic mass is 10.3. The lowest BCUT2D eigenvalue weighted by molar-refractivity contribution is 0.365. The molecule has 12 heavy (non-hydrogen) atoms. The summed E-state index contributed by atoms with van der Waals surface area (Å²) < 4.78 is 22.0. The molecule has 0 saturated heterocycles. The lowest BCUT2D eigenvalue weighted by Crippen LogP contribution is -2.01. The molecule has 1 rings (SSSR count). The van der Waals surface area contributed by atoms with E-state index in [4.69, 9.17) is 5.02 Å². The maximum Gasteiger partial charge on any atom is 0.504 e. The molecule has 6 heteroatoms. The van der Waals surface area contributed by atoms with E-state index in [1.165, 1.54) is 13.3 Å². The van der Waals surface area contributed by atoms with Crippen LogP contribution in [0, 0.1) is 5.82 Å². The Hall–Kier alpha value is -1.30. The first-order chi connectivity index (χ1) is 5.77. The van der Waals surface area contributed by atoms with Crippen LogP contribution in [0.3, 0.4) is 0 Å². The van der Waals surface area contributed by atoms with Crippen molar-refractivity contribution in [1.82, 2.24) is 4.98 Å². The van der Waals surface area contributed by atoms with Crippen LogP contribution in [0.4, 0.5) is 4.39 Å². The Balaban J connectivity index is 2.86. The van der Waals surface area contributed by atoms with Crippen molar-refractivity contribution in [2.24, 2.45) is 0 Å². The van der Waals surface area contributed by atoms with Crippen molar-refractivity contribution in [3.8, 4) is 11.6 Å². The number of hydrogen-bond donors (Lipinski definition) is 1. The minimum Gasteiger partial charge on any atom is -0.538 e. The Labute approximate surface area is 69.3 Å². The third kappa shape index (κ3) is 1.85. The van der Waals surface area contributed by atoms with Crippen molar-refractivity contribution < 1.29 is 18.8 Å². The number of nitrogens with zero attached hydrogens (tertiary/aromatic N) is 1. The van der Waals surface area contributed by atoms with E-state index in [2.05, 4.69) is 14.4 Å². The second kappa shape index (κ2) is 3.92. The van der Waals surface area contributed by atoms with Crippen LogP contribution in [0.25, 0.3) is 0 Å². The number of rotatable bonds is 3. The van der Waals surface area contributed by atoms with Gasteiger partial charge in [-0.15, -0.1) is 0 Å². The molecule has 0 bridgehead atoms. The van der Waals surface area contributed by atoms with Crippen LogP contribution >= 0.6 is 0 Å². The molecule has 1 N–H and O–H groups in total. The van der Waals surface area contributed by atoms with E-state index in [0.717, 1.165) is 6.07 Å². The monoisotopic (exact) mass is 171 g/mol. The van der Waals surface area contributed by atoms with Crippen LogP contribution in [-0.4, -0.2) is 24.8 Å². The van der Waals surface area contributed by atoms with Gasteiger partial charge >= 0.3 is 7.69 Å². The quantitative estimate of drug-likeness (QED) is 0.643. The van der Waals surface area contributed by atoms with Crippen LogP contribution in [0.15, 0.2) is 12.3 Å². The molecule has 0 aliphatic rings. The maximum absolute atomic E-state index is 12.8. The van der Waals surface area contributed by atoms with Gasteiger partial charge in [0.25, 0.3) is 0 Å². The molecule has 0 aliphatic heterocycles. The van der Waals surface area contributed by atoms with Crippen molar-refractivity contribution in [2.45, 2.75) is 0 Å². The van der Waals surface area contributed by atoms with Crippen LogP contribution in [0.5, 0.6) is 11.6 Å². The third-order valence-electron chi connectivity index (χ3n) is 1.21. The molecule has 0 spiro atoms. The van der Waals surface area contributed by atoms with Gasteiger partial charge in [0.1, 0.15) is 5.75 Å². The fourth-order valence-electron chi connectivity index (χ4n) is 0.711. The molecule has 0 unspecified atom stereocenters. The highest BCUT2D eigenvalue weighted by Crippen LogP contribution is 2.17. The van der Waals surface area contributed by atoms with E-state index in [-0.39, 0.29) is 11.6 Å². The zero-order valence-corrected chi connectivity index (χ0v) is 6.45. The SMILES string of the molecule is COc1ncc(OBO)cc1F. The molecule has 0 aromatic carbocycles. The van der Waals surface area contributed by atoms with Crippen molar-refractivity contribution in [3.63, 3.8) is 0 Å². The van der Waals surface area contributed by atoms with E-state index >= 15 is 0 Å². The van der Waals surface area contributed by atoms with Crippen LogP contribution in [-0.2, 0) is 0 Å². The average molecular weight is 171 g/mol. The number of methoxy groups -OCH3 is 1. The van der Waals surface area contributed by atoms with E-state index < -0.39 is 13.5 Å². The molecule has 1 aromatic rings. The number of ether oxygens (including phenoxy) is 1. The minimum absolute atomic E-state index is 0.0970. The fraction of sp³-hybridized carbons (Fsp3) is 0.167. The Kier molecular flexibility index (Phi) is 2.87. The standard InChI is InChI=1S/C6H7BFNO3/c1-11-6-5(8)2-4(3-9-6)12-7-10/h2-3,7,10H,1H3. The smallest absolute Gasteiger partial charge is 0.504 e. The Morgan fingerprint density at radius 1 is 1.67 bits per heavy atom. The summed E-state index contributed by atoms with van der Waals surface area (Å²) in [5.41, 5.74) is 0. The zero-order valence-electron chi connectivity index (χ0n) is 6.45. The minimum atomic E-state index is -0.622. The van der Waals surface area contributed by atoms with E-state index in [1.807, 2.05) is 0 Å². The number of pyridine rings is 1. The molecular weight excluding hydrogens is 164 g/mol. The number of halogens is 1. The van der Waals surface area contributed by atoms with Gasteiger partial charge in [-0.25, -0.2) is 9.37 Å². The van der Waals surface area contributed by atoms with Gasteiger partial charge in [-0.1, -0.05) is 0 Å². The second-order valence-corrected chi connectivity index (χ2v) is 1.94. The van der Waals surface area contributed by atoms with Gasteiger partial charge in [-0.2, -0.15) is 0 Å². The van der Waals surface area contributed by atoms with Gasteiger partial charge in [0.2, 0.25) is 5.88 Å². The summed E-state index contributed by atoms with van der Waals surface area (Å²) in [5, 5.41) is 8.33. The van der Waals surface area contributed by atoms with Crippen LogP contribution < -0.4 is 9.39 Å². The normalized spacial score (nSPS) is 9.25. The highest BCUT2D eigenvalue weighted by Gasteiger charge is 2.04. The molecular formula is C6H7BFNO3. The predicted molar refractivity (Wildman–Crippen MR) is 40.7 cm³/mol.